The lowest BCUT2D eigenvalue weighted by molar-refractivity contribution is 0.0950. The number of H-pyrrole nitrogens is 1. The number of rotatable bonds is 6. The third-order valence-electron chi connectivity index (χ3n) is 5.00. The van der Waals surface area contributed by atoms with Crippen LogP contribution < -0.4 is 10.6 Å². The molecular formula is C25H21FN4O2. The summed E-state index contributed by atoms with van der Waals surface area (Å²) < 4.78 is 14.0. The van der Waals surface area contributed by atoms with Gasteiger partial charge in [0.25, 0.3) is 11.8 Å². The van der Waals surface area contributed by atoms with E-state index in [1.165, 1.54) is 18.2 Å². The van der Waals surface area contributed by atoms with Crippen LogP contribution in [0.5, 0.6) is 0 Å². The molecule has 32 heavy (non-hydrogen) atoms. The van der Waals surface area contributed by atoms with Crippen molar-refractivity contribution >= 4 is 17.5 Å². The number of nitrogens with zero attached hydrogens (tertiary/aromatic N) is 1. The molecule has 0 spiro atoms. The number of nitrogens with one attached hydrogen (secondary N) is 3. The van der Waals surface area contributed by atoms with Gasteiger partial charge in [-0.25, -0.2) is 9.37 Å². The summed E-state index contributed by atoms with van der Waals surface area (Å²) in [4.78, 5) is 33.0. The molecule has 0 aliphatic rings. The molecule has 4 rings (SSSR count). The second kappa shape index (κ2) is 9.26. The van der Waals surface area contributed by atoms with Crippen molar-refractivity contribution in [1.29, 1.82) is 0 Å². The second-order valence-corrected chi connectivity index (χ2v) is 7.22. The molecule has 3 N–H and O–H groups in total. The Hall–Kier alpha value is -4.26. The van der Waals surface area contributed by atoms with Gasteiger partial charge in [-0.3, -0.25) is 9.59 Å². The summed E-state index contributed by atoms with van der Waals surface area (Å²) in [6, 6.07) is 20.5. The first-order chi connectivity index (χ1) is 15.5. The number of halogens is 1. The fraction of sp³-hybridized carbons (Fsp3) is 0.0800. The predicted octanol–water partition coefficient (Wildman–Crippen LogP) is 4.71. The van der Waals surface area contributed by atoms with Gasteiger partial charge in [-0.15, -0.1) is 0 Å². The third kappa shape index (κ3) is 4.57. The van der Waals surface area contributed by atoms with Gasteiger partial charge in [0.15, 0.2) is 0 Å². The zero-order valence-electron chi connectivity index (χ0n) is 17.4. The first-order valence-corrected chi connectivity index (χ1v) is 10.1. The quantitative estimate of drug-likeness (QED) is 0.416. The van der Waals surface area contributed by atoms with Crippen LogP contribution in [0.3, 0.4) is 0 Å². The number of para-hydroxylation sites is 1. The average Bonchev–Trinajstić information content (AvgIpc) is 3.29. The van der Waals surface area contributed by atoms with Gasteiger partial charge in [-0.1, -0.05) is 54.6 Å². The highest BCUT2D eigenvalue weighted by molar-refractivity contribution is 6.09. The normalized spacial score (nSPS) is 10.6. The van der Waals surface area contributed by atoms with E-state index in [1.54, 1.807) is 37.4 Å². The molecule has 0 radical (unpaired) electrons. The van der Waals surface area contributed by atoms with Crippen LogP contribution in [0.2, 0.25) is 0 Å². The zero-order valence-corrected chi connectivity index (χ0v) is 17.4. The summed E-state index contributed by atoms with van der Waals surface area (Å²) >= 11 is 0. The number of imidazole rings is 1. The van der Waals surface area contributed by atoms with E-state index in [0.29, 0.717) is 17.1 Å². The molecule has 1 aromatic heterocycles. The van der Waals surface area contributed by atoms with Crippen molar-refractivity contribution < 1.29 is 14.0 Å². The number of anilines is 1. The van der Waals surface area contributed by atoms with Crippen molar-refractivity contribution in [3.05, 3.63) is 107 Å². The van der Waals surface area contributed by atoms with Crippen LogP contribution >= 0.6 is 0 Å². The van der Waals surface area contributed by atoms with Crippen molar-refractivity contribution in [3.63, 3.8) is 0 Å². The van der Waals surface area contributed by atoms with Gasteiger partial charge in [-0.05, 0) is 36.2 Å². The van der Waals surface area contributed by atoms with Gasteiger partial charge in [0.2, 0.25) is 0 Å². The number of hydrogen-bond donors (Lipinski definition) is 3. The fourth-order valence-corrected chi connectivity index (χ4v) is 3.33. The predicted molar refractivity (Wildman–Crippen MR) is 121 cm³/mol. The lowest BCUT2D eigenvalue weighted by Crippen LogP contribution is -2.26. The molecule has 0 atom stereocenters. The molecule has 0 saturated heterocycles. The molecule has 0 unspecified atom stereocenters. The number of aryl methyl sites for hydroxylation is 1. The number of aromatic nitrogens is 2. The zero-order chi connectivity index (χ0) is 22.5. The lowest BCUT2D eigenvalue weighted by Gasteiger charge is -2.14. The van der Waals surface area contributed by atoms with Crippen molar-refractivity contribution in [3.8, 4) is 11.3 Å². The topological polar surface area (TPSA) is 86.9 Å². The molecule has 0 bridgehead atoms. The van der Waals surface area contributed by atoms with Crippen molar-refractivity contribution in [2.75, 3.05) is 5.32 Å². The highest BCUT2D eigenvalue weighted by atomic mass is 19.1. The first kappa shape index (κ1) is 21.0. The Morgan fingerprint density at radius 3 is 2.41 bits per heavy atom. The highest BCUT2D eigenvalue weighted by Gasteiger charge is 2.18. The van der Waals surface area contributed by atoms with Gasteiger partial charge in [0.1, 0.15) is 11.6 Å². The molecule has 3 aromatic carbocycles. The Kier molecular flexibility index (Phi) is 6.07. The smallest absolute Gasteiger partial charge is 0.258 e. The van der Waals surface area contributed by atoms with E-state index in [-0.39, 0.29) is 23.6 Å². The summed E-state index contributed by atoms with van der Waals surface area (Å²) in [6.45, 7) is 1.95. The van der Waals surface area contributed by atoms with Crippen LogP contribution in [0, 0.1) is 12.7 Å². The Morgan fingerprint density at radius 2 is 1.62 bits per heavy atom. The number of carbonyl (C=O) groups excluding carboxylic acids is 2. The van der Waals surface area contributed by atoms with E-state index in [9.17, 15) is 14.0 Å². The minimum Gasteiger partial charge on any atom is -0.345 e. The maximum atomic E-state index is 14.0. The Labute approximate surface area is 184 Å². The molecular weight excluding hydrogens is 407 g/mol. The summed E-state index contributed by atoms with van der Waals surface area (Å²) in [5.41, 5.74) is 3.06. The van der Waals surface area contributed by atoms with Gasteiger partial charge in [0.05, 0.1) is 35.2 Å². The number of amides is 2. The minimum absolute atomic E-state index is 0.0915. The van der Waals surface area contributed by atoms with Gasteiger partial charge in [0, 0.05) is 0 Å². The van der Waals surface area contributed by atoms with Gasteiger partial charge in [-0.2, -0.15) is 0 Å². The summed E-state index contributed by atoms with van der Waals surface area (Å²) in [5.74, 6) is -1.03. The van der Waals surface area contributed by atoms with E-state index < -0.39 is 11.7 Å². The number of hydrogen-bond acceptors (Lipinski definition) is 3. The second-order valence-electron chi connectivity index (χ2n) is 7.22. The van der Waals surface area contributed by atoms with E-state index in [0.717, 1.165) is 11.3 Å². The number of aromatic amines is 1. The van der Waals surface area contributed by atoms with E-state index in [2.05, 4.69) is 20.6 Å². The standard InChI is InChI=1S/C25H21FN4O2/c1-16-8-7-12-19(23(16)30-25(32)18-11-5-6-13-20(18)26)24(31)28-15-22-27-14-21(29-22)17-9-3-2-4-10-17/h2-14H,15H2,1H3,(H,27,29)(H,28,31)(H,30,32). The van der Waals surface area contributed by atoms with Crippen LogP contribution in [0.25, 0.3) is 11.3 Å². The first-order valence-electron chi connectivity index (χ1n) is 10.1. The average molecular weight is 428 g/mol. The van der Waals surface area contributed by atoms with E-state index in [4.69, 9.17) is 0 Å². The van der Waals surface area contributed by atoms with Crippen molar-refractivity contribution in [2.24, 2.45) is 0 Å². The maximum absolute atomic E-state index is 14.0. The monoisotopic (exact) mass is 428 g/mol. The molecule has 6 nitrogen and oxygen atoms in total. The number of carbonyl (C=O) groups is 2. The summed E-state index contributed by atoms with van der Waals surface area (Å²) in [7, 11) is 0. The van der Waals surface area contributed by atoms with Crippen LogP contribution in [0.1, 0.15) is 32.1 Å². The van der Waals surface area contributed by atoms with Crippen LogP contribution in [0.4, 0.5) is 10.1 Å². The summed E-state index contributed by atoms with van der Waals surface area (Å²) in [5, 5.41) is 5.49. The van der Waals surface area contributed by atoms with Crippen LogP contribution in [-0.2, 0) is 6.54 Å². The summed E-state index contributed by atoms with van der Waals surface area (Å²) in [6.07, 6.45) is 1.71. The Bertz CT molecular complexity index is 1270. The molecule has 4 aromatic rings. The Balaban J connectivity index is 1.49. The Morgan fingerprint density at radius 1 is 0.906 bits per heavy atom. The molecule has 0 aliphatic heterocycles. The largest absolute Gasteiger partial charge is 0.345 e. The van der Waals surface area contributed by atoms with Crippen LogP contribution in [0.15, 0.2) is 79.0 Å². The van der Waals surface area contributed by atoms with Crippen LogP contribution in [-0.4, -0.2) is 21.8 Å². The van der Waals surface area contributed by atoms with Crippen molar-refractivity contribution in [1.82, 2.24) is 15.3 Å². The number of benzene rings is 3. The lowest BCUT2D eigenvalue weighted by atomic mass is 10.1. The van der Waals surface area contributed by atoms with Crippen molar-refractivity contribution in [2.45, 2.75) is 13.5 Å². The fourth-order valence-electron chi connectivity index (χ4n) is 3.33. The van der Waals surface area contributed by atoms with E-state index in [1.807, 2.05) is 30.3 Å². The molecule has 0 saturated carbocycles. The SMILES string of the molecule is Cc1cccc(C(=O)NCc2ncc(-c3ccccc3)[nH]2)c1NC(=O)c1ccccc1F. The molecule has 2 amide bonds. The maximum Gasteiger partial charge on any atom is 0.258 e. The molecule has 0 aliphatic carbocycles. The highest BCUT2D eigenvalue weighted by Crippen LogP contribution is 2.22. The molecule has 1 heterocycles. The van der Waals surface area contributed by atoms with Gasteiger partial charge < -0.3 is 15.6 Å². The van der Waals surface area contributed by atoms with Gasteiger partial charge >= 0.3 is 0 Å². The minimum atomic E-state index is -0.628. The molecule has 160 valence electrons. The third-order valence-corrected chi connectivity index (χ3v) is 5.00. The molecule has 0 fully saturated rings. The van der Waals surface area contributed by atoms with E-state index >= 15 is 0 Å². The molecule has 7 heteroatoms.